The number of alkyl halides is 1. The molecule has 0 spiro atoms. The summed E-state index contributed by atoms with van der Waals surface area (Å²) in [5.74, 6) is 1.13. The van der Waals surface area contributed by atoms with Crippen LogP contribution < -0.4 is 9.47 Å². The van der Waals surface area contributed by atoms with Crippen molar-refractivity contribution < 1.29 is 9.47 Å². The normalized spacial score (nSPS) is 11.9. The molecule has 0 aliphatic carbocycles. The summed E-state index contributed by atoms with van der Waals surface area (Å²) in [4.78, 5) is 10.3. The molecule has 1 unspecified atom stereocenters. The second-order valence-electron chi connectivity index (χ2n) is 2.55. The number of rotatable bonds is 4. The van der Waals surface area contributed by atoms with Gasteiger partial charge in [-0.05, 0) is 17.3 Å². The Bertz CT molecular complexity index is 330. The SMILES string of the molecule is COc1ccc(C(Cl)N=O)c(OC)c1. The minimum Gasteiger partial charge on any atom is -0.497 e. The van der Waals surface area contributed by atoms with Crippen molar-refractivity contribution in [2.45, 2.75) is 5.50 Å². The summed E-state index contributed by atoms with van der Waals surface area (Å²) in [7, 11) is 3.04. The fraction of sp³-hybridized carbons (Fsp3) is 0.333. The summed E-state index contributed by atoms with van der Waals surface area (Å²) in [6.45, 7) is 0. The number of ether oxygens (including phenoxy) is 2. The Morgan fingerprint density at radius 1 is 1.36 bits per heavy atom. The van der Waals surface area contributed by atoms with Crippen LogP contribution in [0.25, 0.3) is 0 Å². The Morgan fingerprint density at radius 3 is 2.57 bits per heavy atom. The number of hydrogen-bond donors (Lipinski definition) is 0. The Morgan fingerprint density at radius 2 is 2.07 bits per heavy atom. The van der Waals surface area contributed by atoms with Crippen LogP contribution in [0.15, 0.2) is 23.4 Å². The molecule has 1 aromatic rings. The van der Waals surface area contributed by atoms with E-state index >= 15 is 0 Å². The zero-order chi connectivity index (χ0) is 10.6. The van der Waals surface area contributed by atoms with Crippen molar-refractivity contribution in [3.63, 3.8) is 0 Å². The highest BCUT2D eigenvalue weighted by Gasteiger charge is 2.14. The Balaban J connectivity index is 3.10. The highest BCUT2D eigenvalue weighted by molar-refractivity contribution is 6.20. The average Bonchev–Trinajstić information content (AvgIpc) is 2.27. The number of hydrogen-bond acceptors (Lipinski definition) is 4. The van der Waals surface area contributed by atoms with Crippen molar-refractivity contribution in [1.29, 1.82) is 0 Å². The maximum atomic E-state index is 10.3. The van der Waals surface area contributed by atoms with Crippen LogP contribution in [0.3, 0.4) is 0 Å². The van der Waals surface area contributed by atoms with Gasteiger partial charge in [-0.25, -0.2) is 0 Å². The van der Waals surface area contributed by atoms with E-state index in [9.17, 15) is 4.91 Å². The predicted molar refractivity (Wildman–Crippen MR) is 53.9 cm³/mol. The first-order valence-corrected chi connectivity index (χ1v) is 4.35. The van der Waals surface area contributed by atoms with Gasteiger partial charge in [-0.2, -0.15) is 0 Å². The van der Waals surface area contributed by atoms with Gasteiger partial charge in [0.2, 0.25) is 0 Å². The molecule has 1 rings (SSSR count). The van der Waals surface area contributed by atoms with Crippen molar-refractivity contribution in [1.82, 2.24) is 0 Å². The first-order chi connectivity index (χ1) is 6.72. The summed E-state index contributed by atoms with van der Waals surface area (Å²) in [6.07, 6.45) is 0. The van der Waals surface area contributed by atoms with Crippen LogP contribution in [-0.2, 0) is 0 Å². The van der Waals surface area contributed by atoms with Crippen LogP contribution in [0, 0.1) is 4.91 Å². The van der Waals surface area contributed by atoms with E-state index in [2.05, 4.69) is 5.18 Å². The number of halogens is 1. The van der Waals surface area contributed by atoms with Crippen LogP contribution in [0.2, 0.25) is 0 Å². The summed E-state index contributed by atoms with van der Waals surface area (Å²) in [6, 6.07) is 4.99. The van der Waals surface area contributed by atoms with Gasteiger partial charge < -0.3 is 9.47 Å². The molecule has 0 aromatic heterocycles. The molecule has 14 heavy (non-hydrogen) atoms. The van der Waals surface area contributed by atoms with Crippen LogP contribution in [0.1, 0.15) is 11.1 Å². The van der Waals surface area contributed by atoms with E-state index < -0.39 is 5.50 Å². The van der Waals surface area contributed by atoms with Gasteiger partial charge in [0.1, 0.15) is 11.5 Å². The third-order valence-electron chi connectivity index (χ3n) is 1.79. The first-order valence-electron chi connectivity index (χ1n) is 3.91. The molecule has 0 bridgehead atoms. The molecule has 0 heterocycles. The first kappa shape index (κ1) is 10.8. The molecule has 0 fully saturated rings. The highest BCUT2D eigenvalue weighted by Crippen LogP contribution is 2.33. The molecule has 1 aromatic carbocycles. The maximum Gasteiger partial charge on any atom is 0.194 e. The fourth-order valence-corrected chi connectivity index (χ4v) is 1.25. The third-order valence-corrected chi connectivity index (χ3v) is 2.10. The lowest BCUT2D eigenvalue weighted by atomic mass is 10.2. The molecule has 0 saturated carbocycles. The molecule has 0 radical (unpaired) electrons. The molecular weight excluding hydrogens is 206 g/mol. The van der Waals surface area contributed by atoms with E-state index in [1.165, 1.54) is 7.11 Å². The summed E-state index contributed by atoms with van der Waals surface area (Å²) >= 11 is 5.67. The van der Waals surface area contributed by atoms with Gasteiger partial charge in [0, 0.05) is 11.6 Å². The van der Waals surface area contributed by atoms with Crippen molar-refractivity contribution >= 4 is 11.6 Å². The van der Waals surface area contributed by atoms with Crippen molar-refractivity contribution in [3.05, 3.63) is 28.7 Å². The minimum absolute atomic E-state index is 0.490. The quantitative estimate of drug-likeness (QED) is 0.441. The lowest BCUT2D eigenvalue weighted by molar-refractivity contribution is 0.391. The molecular formula is C9H10ClNO3. The zero-order valence-electron chi connectivity index (χ0n) is 7.86. The van der Waals surface area contributed by atoms with E-state index in [1.807, 2.05) is 0 Å². The van der Waals surface area contributed by atoms with E-state index in [4.69, 9.17) is 21.1 Å². The van der Waals surface area contributed by atoms with Gasteiger partial charge in [-0.15, -0.1) is 4.91 Å². The monoisotopic (exact) mass is 215 g/mol. The fourth-order valence-electron chi connectivity index (χ4n) is 1.07. The maximum absolute atomic E-state index is 10.3. The molecule has 1 atom stereocenters. The van der Waals surface area contributed by atoms with Crippen LogP contribution in [0.4, 0.5) is 0 Å². The standard InChI is InChI=1S/C9H10ClNO3/c1-13-6-3-4-7(9(10)11-12)8(5-6)14-2/h3-5,9H,1-2H3. The van der Waals surface area contributed by atoms with E-state index in [1.54, 1.807) is 25.3 Å². The lowest BCUT2D eigenvalue weighted by Crippen LogP contribution is -1.94. The minimum atomic E-state index is -0.934. The van der Waals surface area contributed by atoms with Crippen LogP contribution >= 0.6 is 11.6 Å². The molecule has 0 saturated heterocycles. The van der Waals surface area contributed by atoms with Crippen LogP contribution in [-0.4, -0.2) is 14.2 Å². The van der Waals surface area contributed by atoms with Crippen LogP contribution in [0.5, 0.6) is 11.5 Å². The van der Waals surface area contributed by atoms with Crippen molar-refractivity contribution in [2.75, 3.05) is 14.2 Å². The van der Waals surface area contributed by atoms with Gasteiger partial charge in [0.25, 0.3) is 0 Å². The van der Waals surface area contributed by atoms with Gasteiger partial charge >= 0.3 is 0 Å². The topological polar surface area (TPSA) is 47.9 Å². The highest BCUT2D eigenvalue weighted by atomic mass is 35.5. The molecule has 5 heteroatoms. The molecule has 76 valence electrons. The number of nitrogens with zero attached hydrogens (tertiary/aromatic N) is 1. The van der Waals surface area contributed by atoms with Gasteiger partial charge in [-0.1, -0.05) is 11.6 Å². The van der Waals surface area contributed by atoms with E-state index in [-0.39, 0.29) is 0 Å². The molecule has 0 amide bonds. The number of methoxy groups -OCH3 is 2. The second kappa shape index (κ2) is 4.81. The van der Waals surface area contributed by atoms with E-state index in [0.29, 0.717) is 17.1 Å². The summed E-state index contributed by atoms with van der Waals surface area (Å²) in [5, 5.41) is 2.72. The Labute approximate surface area is 86.8 Å². The summed E-state index contributed by atoms with van der Waals surface area (Å²) in [5.41, 5.74) is -0.402. The van der Waals surface area contributed by atoms with Crippen molar-refractivity contribution in [3.8, 4) is 11.5 Å². The number of benzene rings is 1. The Kier molecular flexibility index (Phi) is 3.71. The Hall–Kier alpha value is -1.29. The predicted octanol–water partition coefficient (Wildman–Crippen LogP) is 2.71. The second-order valence-corrected chi connectivity index (χ2v) is 2.96. The summed E-state index contributed by atoms with van der Waals surface area (Å²) < 4.78 is 10.0. The van der Waals surface area contributed by atoms with Gasteiger partial charge in [0.15, 0.2) is 5.50 Å². The van der Waals surface area contributed by atoms with Gasteiger partial charge in [-0.3, -0.25) is 0 Å². The molecule has 0 aliphatic heterocycles. The average molecular weight is 216 g/mol. The number of nitroso groups, excluding NO2 is 1. The largest absolute Gasteiger partial charge is 0.497 e. The smallest absolute Gasteiger partial charge is 0.194 e. The molecule has 4 nitrogen and oxygen atoms in total. The molecule has 0 aliphatic rings. The third kappa shape index (κ3) is 2.14. The lowest BCUT2D eigenvalue weighted by Gasteiger charge is -2.09. The van der Waals surface area contributed by atoms with Crippen molar-refractivity contribution in [2.24, 2.45) is 5.18 Å². The van der Waals surface area contributed by atoms with Gasteiger partial charge in [0.05, 0.1) is 14.2 Å². The molecule has 0 N–H and O–H groups in total. The zero-order valence-corrected chi connectivity index (χ0v) is 8.62. The van der Waals surface area contributed by atoms with E-state index in [0.717, 1.165) is 0 Å².